The molecule has 0 fully saturated rings. The highest BCUT2D eigenvalue weighted by Crippen LogP contribution is 1.98. The predicted molar refractivity (Wildman–Crippen MR) is 32.9 cm³/mol. The van der Waals surface area contributed by atoms with E-state index in [2.05, 4.69) is 36.2 Å². The molecule has 0 N–H and O–H groups in total. The van der Waals surface area contributed by atoms with Crippen LogP contribution in [-0.2, 0) is 4.74 Å². The van der Waals surface area contributed by atoms with Gasteiger partial charge in [0, 0.05) is 0 Å². The maximum absolute atomic E-state index is 4.62. The molecule has 0 spiro atoms. The van der Waals surface area contributed by atoms with Gasteiger partial charge in [0.1, 0.15) is 0 Å². The predicted octanol–water partition coefficient (Wildman–Crippen LogP) is 0.273. The first kappa shape index (κ1) is 5.55. The van der Waals surface area contributed by atoms with E-state index in [1.54, 1.807) is 0 Å². The molecule has 5 heteroatoms. The molecule has 1 rings (SSSR count). The average molecular weight is 177 g/mol. The zero-order valence-corrected chi connectivity index (χ0v) is 5.71. The van der Waals surface area contributed by atoms with E-state index in [4.69, 9.17) is 0 Å². The topological polar surface area (TPSA) is 48.1 Å². The number of halogens is 1. The molecule has 0 amide bonds. The summed E-state index contributed by atoms with van der Waals surface area (Å²) in [5.74, 6) is 0. The van der Waals surface area contributed by atoms with Crippen LogP contribution in [0.5, 0.6) is 0 Å². The minimum absolute atomic E-state index is 0.289. The lowest BCUT2D eigenvalue weighted by Crippen LogP contribution is -2.06. The van der Waals surface area contributed by atoms with E-state index >= 15 is 0 Å². The number of amidine groups is 2. The molecule has 1 aliphatic heterocycles. The van der Waals surface area contributed by atoms with Crippen molar-refractivity contribution in [3.63, 3.8) is 0 Å². The molecule has 0 aliphatic carbocycles. The standard InChI is InChI=1S/C3H3BrN3O/c1-8-3-5-2(4)6-7-3/h1H3. The van der Waals surface area contributed by atoms with Crippen molar-refractivity contribution in [3.05, 3.63) is 0 Å². The van der Waals surface area contributed by atoms with Gasteiger partial charge in [-0.05, 0) is 15.9 Å². The Labute approximate surface area is 54.8 Å². The maximum atomic E-state index is 4.62. The van der Waals surface area contributed by atoms with E-state index in [9.17, 15) is 0 Å². The van der Waals surface area contributed by atoms with Crippen LogP contribution in [0.3, 0.4) is 0 Å². The van der Waals surface area contributed by atoms with Crippen molar-refractivity contribution < 1.29 is 4.74 Å². The minimum atomic E-state index is 0.289. The zero-order chi connectivity index (χ0) is 5.98. The summed E-state index contributed by atoms with van der Waals surface area (Å²) in [7, 11) is 1.49. The molecule has 0 saturated carbocycles. The fourth-order valence-electron chi connectivity index (χ4n) is 0.294. The molecule has 4 nitrogen and oxygen atoms in total. The Hall–Kier alpha value is -0.580. The number of ether oxygens (including phenoxy) is 1. The van der Waals surface area contributed by atoms with E-state index in [0.717, 1.165) is 0 Å². The van der Waals surface area contributed by atoms with Crippen LogP contribution in [0.2, 0.25) is 0 Å². The molecule has 0 aromatic carbocycles. The molecule has 0 saturated heterocycles. The van der Waals surface area contributed by atoms with Crippen molar-refractivity contribution >= 4 is 26.7 Å². The van der Waals surface area contributed by atoms with Gasteiger partial charge in [-0.3, -0.25) is 0 Å². The molecule has 43 valence electrons. The third-order valence-electron chi connectivity index (χ3n) is 0.589. The molecule has 1 aliphatic rings. The molecule has 0 aromatic rings. The number of rotatable bonds is 0. The quantitative estimate of drug-likeness (QED) is 0.490. The van der Waals surface area contributed by atoms with E-state index in [0.29, 0.717) is 4.74 Å². The molecule has 1 heterocycles. The van der Waals surface area contributed by atoms with Gasteiger partial charge in [-0.15, -0.1) is 5.10 Å². The first-order chi connectivity index (χ1) is 3.83. The van der Waals surface area contributed by atoms with Gasteiger partial charge in [-0.1, -0.05) is 5.43 Å². The number of methoxy groups -OCH3 is 1. The summed E-state index contributed by atoms with van der Waals surface area (Å²) in [4.78, 5) is 3.70. The van der Waals surface area contributed by atoms with Crippen LogP contribution in [0.15, 0.2) is 10.1 Å². The SMILES string of the molecule is COC1=NC(Br)=N[N]1. The van der Waals surface area contributed by atoms with Crippen LogP contribution in [0, 0.1) is 0 Å². The summed E-state index contributed by atoms with van der Waals surface area (Å²) in [5.41, 5.74) is 3.50. The first-order valence-electron chi connectivity index (χ1n) is 1.90. The van der Waals surface area contributed by atoms with Gasteiger partial charge >= 0.3 is 6.02 Å². The fraction of sp³-hybridized carbons (Fsp3) is 0.333. The van der Waals surface area contributed by atoms with Crippen molar-refractivity contribution in [1.82, 2.24) is 5.43 Å². The van der Waals surface area contributed by atoms with Gasteiger partial charge in [0.15, 0.2) is 0 Å². The lowest BCUT2D eigenvalue weighted by molar-refractivity contribution is 0.384. The lowest BCUT2D eigenvalue weighted by atomic mass is 11.1. The van der Waals surface area contributed by atoms with Crippen molar-refractivity contribution in [2.75, 3.05) is 7.11 Å². The summed E-state index contributed by atoms with van der Waals surface area (Å²) in [6.07, 6.45) is 0. The summed E-state index contributed by atoms with van der Waals surface area (Å²) in [6.45, 7) is 0. The molecule has 8 heavy (non-hydrogen) atoms. The fourth-order valence-corrected chi connectivity index (χ4v) is 0.525. The Morgan fingerprint density at radius 3 is 2.62 bits per heavy atom. The van der Waals surface area contributed by atoms with Gasteiger partial charge in [0.2, 0.25) is 4.74 Å². The molecule has 0 aromatic heterocycles. The van der Waals surface area contributed by atoms with E-state index in [-0.39, 0.29) is 6.02 Å². The third-order valence-corrected chi connectivity index (χ3v) is 0.924. The van der Waals surface area contributed by atoms with Crippen LogP contribution in [0.4, 0.5) is 0 Å². The third kappa shape index (κ3) is 0.975. The summed E-state index contributed by atoms with van der Waals surface area (Å²) >= 11 is 3.01. The van der Waals surface area contributed by atoms with Gasteiger partial charge in [0.05, 0.1) is 7.11 Å². The van der Waals surface area contributed by atoms with E-state index in [1.807, 2.05) is 0 Å². The maximum Gasteiger partial charge on any atom is 0.338 e. The van der Waals surface area contributed by atoms with Crippen LogP contribution < -0.4 is 5.43 Å². The normalized spacial score (nSPS) is 16.8. The van der Waals surface area contributed by atoms with Crippen LogP contribution in [-0.4, -0.2) is 17.9 Å². The lowest BCUT2D eigenvalue weighted by Gasteiger charge is -1.88. The summed E-state index contributed by atoms with van der Waals surface area (Å²) in [6, 6.07) is 0.289. The smallest absolute Gasteiger partial charge is 0.338 e. The number of aliphatic imine (C=N–C) groups is 1. The Kier molecular flexibility index (Phi) is 1.48. The van der Waals surface area contributed by atoms with Crippen molar-refractivity contribution in [1.29, 1.82) is 0 Å². The van der Waals surface area contributed by atoms with E-state index in [1.165, 1.54) is 7.11 Å². The Morgan fingerprint density at radius 1 is 1.62 bits per heavy atom. The Balaban J connectivity index is 2.56. The van der Waals surface area contributed by atoms with Crippen molar-refractivity contribution in [3.8, 4) is 0 Å². The molecular formula is C3H3BrN3O. The second-order valence-corrected chi connectivity index (χ2v) is 1.78. The van der Waals surface area contributed by atoms with Crippen LogP contribution in [0.1, 0.15) is 0 Å². The van der Waals surface area contributed by atoms with Crippen LogP contribution in [0.25, 0.3) is 0 Å². The largest absolute Gasteiger partial charge is 0.466 e. The van der Waals surface area contributed by atoms with Gasteiger partial charge in [0.25, 0.3) is 0 Å². The zero-order valence-electron chi connectivity index (χ0n) is 4.13. The number of hydrogen-bond acceptors (Lipinski definition) is 3. The average Bonchev–Trinajstić information content (AvgIpc) is 2.14. The highest BCUT2D eigenvalue weighted by atomic mass is 79.9. The van der Waals surface area contributed by atoms with Crippen LogP contribution >= 0.6 is 15.9 Å². The number of nitrogens with zero attached hydrogens (tertiary/aromatic N) is 3. The van der Waals surface area contributed by atoms with Gasteiger partial charge in [-0.25, -0.2) is 0 Å². The monoisotopic (exact) mass is 176 g/mol. The first-order valence-corrected chi connectivity index (χ1v) is 2.69. The molecule has 0 atom stereocenters. The number of hydrogen-bond donors (Lipinski definition) is 0. The van der Waals surface area contributed by atoms with Gasteiger partial charge < -0.3 is 4.74 Å². The second-order valence-electron chi connectivity index (χ2n) is 1.07. The van der Waals surface area contributed by atoms with Crippen molar-refractivity contribution in [2.45, 2.75) is 0 Å². The Bertz CT molecular complexity index is 153. The molecule has 0 unspecified atom stereocenters. The molecule has 0 bridgehead atoms. The second kappa shape index (κ2) is 2.13. The Morgan fingerprint density at radius 2 is 2.38 bits per heavy atom. The van der Waals surface area contributed by atoms with E-state index < -0.39 is 0 Å². The highest BCUT2D eigenvalue weighted by molar-refractivity contribution is 9.18. The minimum Gasteiger partial charge on any atom is -0.466 e. The summed E-state index contributed by atoms with van der Waals surface area (Å²) in [5, 5.41) is 3.52. The summed E-state index contributed by atoms with van der Waals surface area (Å²) < 4.78 is 5.07. The highest BCUT2D eigenvalue weighted by Gasteiger charge is 2.07. The molecule has 1 radical (unpaired) electrons. The van der Waals surface area contributed by atoms with Gasteiger partial charge in [-0.2, -0.15) is 4.99 Å². The molecular weight excluding hydrogens is 174 g/mol. The van der Waals surface area contributed by atoms with Crippen molar-refractivity contribution in [2.24, 2.45) is 10.1 Å².